The van der Waals surface area contributed by atoms with E-state index in [1.54, 1.807) is 0 Å². The van der Waals surface area contributed by atoms with Crippen LogP contribution in [0.5, 0.6) is 0 Å². The summed E-state index contributed by atoms with van der Waals surface area (Å²) in [7, 11) is -4.76. The van der Waals surface area contributed by atoms with Gasteiger partial charge in [-0.3, -0.25) is 14.1 Å². The van der Waals surface area contributed by atoms with E-state index >= 15 is 0 Å². The molecule has 0 rings (SSSR count). The summed E-state index contributed by atoms with van der Waals surface area (Å²) >= 11 is 0. The molecule has 2 N–H and O–H groups in total. The summed E-state index contributed by atoms with van der Waals surface area (Å²) in [5.74, 6) is -0.927. The molecule has 314 valence electrons. The molecular formula is C44H85O8P. The molecule has 0 spiro atoms. The minimum absolute atomic E-state index is 0.189. The quantitative estimate of drug-likeness (QED) is 0.0272. The van der Waals surface area contributed by atoms with Crippen LogP contribution >= 0.6 is 7.82 Å². The smallest absolute Gasteiger partial charge is 0.462 e. The fourth-order valence-corrected chi connectivity index (χ4v) is 7.05. The number of allylic oxidation sites excluding steroid dienone is 2. The molecule has 0 radical (unpaired) electrons. The van der Waals surface area contributed by atoms with Crippen molar-refractivity contribution in [2.45, 2.75) is 245 Å². The lowest BCUT2D eigenvalue weighted by molar-refractivity contribution is -0.161. The van der Waals surface area contributed by atoms with E-state index in [-0.39, 0.29) is 19.4 Å². The van der Waals surface area contributed by atoms with Crippen LogP contribution in [0.2, 0.25) is 0 Å². The molecule has 9 heteroatoms. The van der Waals surface area contributed by atoms with Crippen LogP contribution in [0.15, 0.2) is 12.2 Å². The normalized spacial score (nSPS) is 12.5. The van der Waals surface area contributed by atoms with Crippen molar-refractivity contribution in [1.82, 2.24) is 0 Å². The van der Waals surface area contributed by atoms with Gasteiger partial charge in [-0.2, -0.15) is 0 Å². The van der Waals surface area contributed by atoms with Gasteiger partial charge in [0.1, 0.15) is 6.61 Å². The molecule has 0 aliphatic rings. The molecule has 0 aromatic carbocycles. The SMILES string of the molecule is CCCCCCCCCCCCC/C=C/CCC(=O)OC[C@H](COP(=O)(O)O)OC(=O)CCCCCCCCCCCCCCCCCCCCCC. The Morgan fingerprint density at radius 2 is 0.830 bits per heavy atom. The Kier molecular flexibility index (Phi) is 39.5. The number of carbonyl (C=O) groups excluding carboxylic acids is 2. The predicted molar refractivity (Wildman–Crippen MR) is 221 cm³/mol. The molecule has 0 amide bonds. The van der Waals surface area contributed by atoms with Crippen molar-refractivity contribution in [3.8, 4) is 0 Å². The third-order valence-electron chi connectivity index (χ3n) is 10.0. The number of rotatable bonds is 42. The van der Waals surface area contributed by atoms with Gasteiger partial charge in [-0.15, -0.1) is 0 Å². The molecule has 1 atom stereocenters. The Morgan fingerprint density at radius 3 is 1.23 bits per heavy atom. The van der Waals surface area contributed by atoms with Crippen molar-refractivity contribution >= 4 is 19.8 Å². The van der Waals surface area contributed by atoms with Crippen LogP contribution in [0.3, 0.4) is 0 Å². The number of phosphoric ester groups is 1. The first-order valence-corrected chi connectivity index (χ1v) is 24.0. The number of unbranched alkanes of at least 4 members (excludes halogenated alkanes) is 30. The number of hydrogen-bond donors (Lipinski definition) is 2. The summed E-state index contributed by atoms with van der Waals surface area (Å²) in [5, 5.41) is 0. The van der Waals surface area contributed by atoms with Crippen LogP contribution in [0, 0.1) is 0 Å². The van der Waals surface area contributed by atoms with Gasteiger partial charge in [0.15, 0.2) is 6.10 Å². The van der Waals surface area contributed by atoms with Crippen LogP contribution in [-0.4, -0.2) is 41.0 Å². The van der Waals surface area contributed by atoms with Crippen molar-refractivity contribution in [2.24, 2.45) is 0 Å². The van der Waals surface area contributed by atoms with Gasteiger partial charge in [-0.25, -0.2) is 4.57 Å². The number of carbonyl (C=O) groups is 2. The van der Waals surface area contributed by atoms with E-state index in [1.807, 2.05) is 6.08 Å². The number of esters is 2. The van der Waals surface area contributed by atoms with Gasteiger partial charge in [-0.1, -0.05) is 212 Å². The second-order valence-corrected chi connectivity index (χ2v) is 16.6. The first-order chi connectivity index (χ1) is 25.8. The average Bonchev–Trinajstić information content (AvgIpc) is 3.13. The number of ether oxygens (including phenoxy) is 2. The van der Waals surface area contributed by atoms with Crippen molar-refractivity contribution < 1.29 is 37.9 Å². The molecule has 0 fully saturated rings. The van der Waals surface area contributed by atoms with E-state index in [1.165, 1.54) is 167 Å². The molecule has 0 bridgehead atoms. The van der Waals surface area contributed by atoms with E-state index in [0.717, 1.165) is 32.1 Å². The molecule has 0 unspecified atom stereocenters. The van der Waals surface area contributed by atoms with Crippen LogP contribution in [0.1, 0.15) is 239 Å². The van der Waals surface area contributed by atoms with Gasteiger partial charge in [0.2, 0.25) is 0 Å². The fourth-order valence-electron chi connectivity index (χ4n) is 6.69. The first-order valence-electron chi connectivity index (χ1n) is 22.5. The van der Waals surface area contributed by atoms with E-state index in [2.05, 4.69) is 24.4 Å². The highest BCUT2D eigenvalue weighted by atomic mass is 31.2. The molecule has 0 saturated heterocycles. The van der Waals surface area contributed by atoms with Gasteiger partial charge in [0, 0.05) is 12.8 Å². The predicted octanol–water partition coefficient (Wildman–Crippen LogP) is 13.8. The first kappa shape index (κ1) is 51.8. The monoisotopic (exact) mass is 773 g/mol. The van der Waals surface area contributed by atoms with Crippen LogP contribution < -0.4 is 0 Å². The fraction of sp³-hybridized carbons (Fsp3) is 0.909. The Bertz CT molecular complexity index is 873. The third-order valence-corrected chi connectivity index (χ3v) is 10.5. The Balaban J connectivity index is 3.86. The zero-order valence-electron chi connectivity index (χ0n) is 34.7. The molecule has 0 heterocycles. The molecule has 53 heavy (non-hydrogen) atoms. The van der Waals surface area contributed by atoms with Crippen LogP contribution in [0.4, 0.5) is 0 Å². The van der Waals surface area contributed by atoms with Crippen LogP contribution in [0.25, 0.3) is 0 Å². The second-order valence-electron chi connectivity index (χ2n) is 15.4. The van der Waals surface area contributed by atoms with Gasteiger partial charge in [0.25, 0.3) is 0 Å². The minimum atomic E-state index is -4.76. The maximum absolute atomic E-state index is 12.4. The minimum Gasteiger partial charge on any atom is -0.462 e. The highest BCUT2D eigenvalue weighted by molar-refractivity contribution is 7.46. The maximum Gasteiger partial charge on any atom is 0.469 e. The number of phosphoric acid groups is 1. The highest BCUT2D eigenvalue weighted by Crippen LogP contribution is 2.36. The topological polar surface area (TPSA) is 119 Å². The lowest BCUT2D eigenvalue weighted by Gasteiger charge is -2.18. The lowest BCUT2D eigenvalue weighted by atomic mass is 10.0. The molecule has 0 aliphatic heterocycles. The van der Waals surface area contributed by atoms with E-state index in [4.69, 9.17) is 19.3 Å². The van der Waals surface area contributed by atoms with Crippen molar-refractivity contribution in [3.05, 3.63) is 12.2 Å². The molecule has 0 aromatic heterocycles. The van der Waals surface area contributed by atoms with E-state index in [9.17, 15) is 14.2 Å². The average molecular weight is 773 g/mol. The summed E-state index contributed by atoms with van der Waals surface area (Å²) in [6, 6.07) is 0. The van der Waals surface area contributed by atoms with Crippen molar-refractivity contribution in [2.75, 3.05) is 13.2 Å². The molecule has 0 aliphatic carbocycles. The standard InChI is InChI=1S/C44H85O8P/c1-3-5-7-9-11-13-15-17-19-20-21-22-23-25-27-29-31-33-35-37-39-44(46)52-42(41-51-53(47,48)49)40-50-43(45)38-36-34-32-30-28-26-24-18-16-14-12-10-8-6-4-2/h32,34,42H,3-31,33,35-41H2,1-2H3,(H2,47,48,49)/b34-32+/t42-/m1/s1. The summed E-state index contributed by atoms with van der Waals surface area (Å²) < 4.78 is 26.4. The third kappa shape index (κ3) is 43.4. The largest absolute Gasteiger partial charge is 0.469 e. The molecule has 0 saturated carbocycles. The Labute approximate surface area is 327 Å². The summed E-state index contributed by atoms with van der Waals surface area (Å²) in [5.41, 5.74) is 0. The van der Waals surface area contributed by atoms with Gasteiger partial charge in [0.05, 0.1) is 6.61 Å². The van der Waals surface area contributed by atoms with Gasteiger partial charge >= 0.3 is 19.8 Å². The summed E-state index contributed by atoms with van der Waals surface area (Å²) in [6.45, 7) is 3.69. The Hall–Kier alpha value is -1.21. The molecular weight excluding hydrogens is 687 g/mol. The second kappa shape index (κ2) is 40.5. The number of hydrogen-bond acceptors (Lipinski definition) is 6. The van der Waals surface area contributed by atoms with Gasteiger partial charge < -0.3 is 19.3 Å². The van der Waals surface area contributed by atoms with E-state index < -0.39 is 32.5 Å². The zero-order valence-corrected chi connectivity index (χ0v) is 35.6. The van der Waals surface area contributed by atoms with Crippen molar-refractivity contribution in [3.63, 3.8) is 0 Å². The molecule has 8 nitrogen and oxygen atoms in total. The summed E-state index contributed by atoms with van der Waals surface area (Å²) in [6.07, 6.45) is 45.2. The Morgan fingerprint density at radius 1 is 0.472 bits per heavy atom. The van der Waals surface area contributed by atoms with E-state index in [0.29, 0.717) is 12.8 Å². The summed E-state index contributed by atoms with van der Waals surface area (Å²) in [4.78, 5) is 42.9. The van der Waals surface area contributed by atoms with Crippen molar-refractivity contribution in [1.29, 1.82) is 0 Å². The maximum atomic E-state index is 12.4. The zero-order chi connectivity index (χ0) is 38.9. The van der Waals surface area contributed by atoms with Gasteiger partial charge in [-0.05, 0) is 25.7 Å². The lowest BCUT2D eigenvalue weighted by Crippen LogP contribution is -2.29. The molecule has 0 aromatic rings. The van der Waals surface area contributed by atoms with Crippen LogP contribution in [-0.2, 0) is 28.2 Å². The highest BCUT2D eigenvalue weighted by Gasteiger charge is 2.22.